The Hall–Kier alpha value is -1.70. The summed E-state index contributed by atoms with van der Waals surface area (Å²) in [6.45, 7) is 0.492. The van der Waals surface area contributed by atoms with Crippen molar-refractivity contribution in [3.05, 3.63) is 29.8 Å². The van der Waals surface area contributed by atoms with Crippen LogP contribution >= 0.6 is 12.4 Å². The zero-order valence-electron chi connectivity index (χ0n) is 8.69. The molecule has 16 heavy (non-hydrogen) atoms. The van der Waals surface area contributed by atoms with Crippen molar-refractivity contribution in [1.29, 1.82) is 0 Å². The van der Waals surface area contributed by atoms with Gasteiger partial charge in [0.2, 0.25) is 0 Å². The van der Waals surface area contributed by atoms with Gasteiger partial charge in [-0.15, -0.1) is 24.8 Å². The number of hydrazine groups is 1. The second-order valence-electron chi connectivity index (χ2n) is 2.93. The minimum atomic E-state index is -0.131. The van der Waals surface area contributed by atoms with Crippen molar-refractivity contribution in [2.45, 2.75) is 6.42 Å². The van der Waals surface area contributed by atoms with Gasteiger partial charge in [0.05, 0.1) is 0 Å². The molecule has 1 rings (SSSR count). The first kappa shape index (κ1) is 14.3. The quantitative estimate of drug-likeness (QED) is 0.320. The van der Waals surface area contributed by atoms with E-state index in [1.54, 1.807) is 24.3 Å². The van der Waals surface area contributed by atoms with E-state index < -0.39 is 0 Å². The number of nitrogen functional groups attached to an aromatic ring is 1. The highest BCUT2D eigenvalue weighted by molar-refractivity contribution is 5.94. The Morgan fingerprint density at radius 2 is 2.00 bits per heavy atom. The molecule has 86 valence electrons. The van der Waals surface area contributed by atoms with E-state index in [-0.39, 0.29) is 18.3 Å². The molecule has 0 spiro atoms. The molecule has 5 heteroatoms. The Balaban J connectivity index is 0.00000225. The third-order valence-electron chi connectivity index (χ3n) is 1.87. The fourth-order valence-corrected chi connectivity index (χ4v) is 1.07. The van der Waals surface area contributed by atoms with Crippen LogP contribution in [-0.4, -0.2) is 12.5 Å². The van der Waals surface area contributed by atoms with Crippen LogP contribution in [0.4, 0.5) is 5.69 Å². The summed E-state index contributed by atoms with van der Waals surface area (Å²) in [4.78, 5) is 11.5. The Morgan fingerprint density at radius 1 is 1.38 bits per heavy atom. The monoisotopic (exact) mass is 239 g/mol. The van der Waals surface area contributed by atoms with Crippen molar-refractivity contribution in [3.63, 3.8) is 0 Å². The molecular weight excluding hydrogens is 226 g/mol. The van der Waals surface area contributed by atoms with Gasteiger partial charge in [0.25, 0.3) is 5.91 Å². The minimum absolute atomic E-state index is 0. The van der Waals surface area contributed by atoms with Crippen LogP contribution in [0.2, 0.25) is 0 Å². The molecule has 0 heterocycles. The summed E-state index contributed by atoms with van der Waals surface area (Å²) >= 11 is 0. The number of halogens is 1. The number of carbonyl (C=O) groups excluding carboxylic acids is 1. The van der Waals surface area contributed by atoms with Gasteiger partial charge in [0.1, 0.15) is 0 Å². The molecule has 0 radical (unpaired) electrons. The Kier molecular flexibility index (Phi) is 6.77. The lowest BCUT2D eigenvalue weighted by Crippen LogP contribution is -2.24. The molecule has 0 bridgehead atoms. The number of rotatable bonds is 4. The van der Waals surface area contributed by atoms with Gasteiger partial charge < -0.3 is 10.7 Å². The summed E-state index contributed by atoms with van der Waals surface area (Å²) in [6, 6.07) is 6.85. The van der Waals surface area contributed by atoms with Crippen molar-refractivity contribution >= 4 is 24.0 Å². The molecule has 0 aliphatic rings. The van der Waals surface area contributed by atoms with Gasteiger partial charge >= 0.3 is 0 Å². The molecular formula is C11H14ClN3O. The van der Waals surface area contributed by atoms with Crippen LogP contribution in [0.1, 0.15) is 16.8 Å². The Morgan fingerprint density at radius 3 is 2.50 bits per heavy atom. The van der Waals surface area contributed by atoms with E-state index in [1.807, 2.05) is 0 Å². The van der Waals surface area contributed by atoms with Crippen molar-refractivity contribution in [3.8, 4) is 12.3 Å². The van der Waals surface area contributed by atoms with E-state index >= 15 is 0 Å². The number of nitrogens with two attached hydrogens (primary N) is 1. The predicted octanol–water partition coefficient (Wildman–Crippen LogP) is 1.15. The van der Waals surface area contributed by atoms with Crippen LogP contribution in [0, 0.1) is 12.3 Å². The van der Waals surface area contributed by atoms with Crippen LogP contribution in [0.3, 0.4) is 0 Å². The molecule has 0 saturated carbocycles. The molecule has 0 saturated heterocycles. The number of benzene rings is 1. The fraction of sp³-hybridized carbons (Fsp3) is 0.182. The highest BCUT2D eigenvalue weighted by Gasteiger charge is 2.03. The maximum absolute atomic E-state index is 11.5. The molecule has 0 unspecified atom stereocenters. The van der Waals surface area contributed by atoms with Crippen LogP contribution in [0.15, 0.2) is 24.3 Å². The average Bonchev–Trinajstić information content (AvgIpc) is 2.29. The standard InChI is InChI=1S/C11H13N3O.ClH/c1-2-3-8-13-11(15)9-4-6-10(14-12)7-5-9;/h1,4-7,14H,3,8,12H2,(H,13,15);1H. The summed E-state index contributed by atoms with van der Waals surface area (Å²) in [6.07, 6.45) is 5.60. The van der Waals surface area contributed by atoms with Gasteiger partial charge in [-0.1, -0.05) is 0 Å². The van der Waals surface area contributed by atoms with Gasteiger partial charge in [-0.3, -0.25) is 10.6 Å². The van der Waals surface area contributed by atoms with Gasteiger partial charge in [-0.2, -0.15) is 0 Å². The van der Waals surface area contributed by atoms with Gasteiger partial charge in [-0.25, -0.2) is 0 Å². The van der Waals surface area contributed by atoms with Crippen LogP contribution in [-0.2, 0) is 0 Å². The highest BCUT2D eigenvalue weighted by atomic mass is 35.5. The highest BCUT2D eigenvalue weighted by Crippen LogP contribution is 2.07. The first-order chi connectivity index (χ1) is 7.27. The van der Waals surface area contributed by atoms with Gasteiger partial charge in [0.15, 0.2) is 0 Å². The van der Waals surface area contributed by atoms with E-state index in [2.05, 4.69) is 16.7 Å². The van der Waals surface area contributed by atoms with Crippen LogP contribution < -0.4 is 16.6 Å². The fourth-order valence-electron chi connectivity index (χ4n) is 1.07. The maximum Gasteiger partial charge on any atom is 0.251 e. The zero-order valence-corrected chi connectivity index (χ0v) is 9.51. The summed E-state index contributed by atoms with van der Waals surface area (Å²) in [5.41, 5.74) is 3.84. The molecule has 1 aromatic rings. The molecule has 0 atom stereocenters. The number of carbonyl (C=O) groups is 1. The van der Waals surface area contributed by atoms with Crippen molar-refractivity contribution < 1.29 is 4.79 Å². The lowest BCUT2D eigenvalue weighted by atomic mass is 10.2. The third kappa shape index (κ3) is 4.22. The second-order valence-corrected chi connectivity index (χ2v) is 2.93. The summed E-state index contributed by atoms with van der Waals surface area (Å²) in [5, 5.41) is 2.70. The first-order valence-corrected chi connectivity index (χ1v) is 4.56. The molecule has 1 aromatic carbocycles. The molecule has 4 N–H and O–H groups in total. The van der Waals surface area contributed by atoms with Gasteiger partial charge in [0, 0.05) is 24.2 Å². The zero-order chi connectivity index (χ0) is 11.1. The molecule has 0 aliphatic heterocycles. The predicted molar refractivity (Wildman–Crippen MR) is 67.3 cm³/mol. The molecule has 1 amide bonds. The maximum atomic E-state index is 11.5. The Labute approximate surface area is 101 Å². The Bertz CT molecular complexity index is 370. The smallest absolute Gasteiger partial charge is 0.251 e. The first-order valence-electron chi connectivity index (χ1n) is 4.56. The number of amides is 1. The van der Waals surface area contributed by atoms with E-state index in [0.29, 0.717) is 18.5 Å². The van der Waals surface area contributed by atoms with Crippen molar-refractivity contribution in [1.82, 2.24) is 5.32 Å². The van der Waals surface area contributed by atoms with E-state index in [0.717, 1.165) is 5.69 Å². The van der Waals surface area contributed by atoms with Crippen LogP contribution in [0.25, 0.3) is 0 Å². The molecule has 4 nitrogen and oxygen atoms in total. The largest absolute Gasteiger partial charge is 0.351 e. The normalized spacial score (nSPS) is 8.50. The summed E-state index contributed by atoms with van der Waals surface area (Å²) in [5.74, 6) is 7.52. The van der Waals surface area contributed by atoms with Gasteiger partial charge in [-0.05, 0) is 24.3 Å². The number of hydrogen-bond donors (Lipinski definition) is 3. The topological polar surface area (TPSA) is 67.2 Å². The van der Waals surface area contributed by atoms with Crippen molar-refractivity contribution in [2.75, 3.05) is 12.0 Å². The number of terminal acetylenes is 1. The number of nitrogens with one attached hydrogen (secondary N) is 2. The molecule has 0 fully saturated rings. The number of anilines is 1. The summed E-state index contributed by atoms with van der Waals surface area (Å²) in [7, 11) is 0. The van der Waals surface area contributed by atoms with E-state index in [4.69, 9.17) is 12.3 Å². The summed E-state index contributed by atoms with van der Waals surface area (Å²) < 4.78 is 0. The molecule has 0 aliphatic carbocycles. The van der Waals surface area contributed by atoms with E-state index in [9.17, 15) is 4.79 Å². The third-order valence-corrected chi connectivity index (χ3v) is 1.87. The second kappa shape index (κ2) is 7.57. The average molecular weight is 240 g/mol. The lowest BCUT2D eigenvalue weighted by Gasteiger charge is -2.04. The van der Waals surface area contributed by atoms with Crippen LogP contribution in [0.5, 0.6) is 0 Å². The van der Waals surface area contributed by atoms with Crippen molar-refractivity contribution in [2.24, 2.45) is 5.84 Å². The lowest BCUT2D eigenvalue weighted by molar-refractivity contribution is 0.0954. The van der Waals surface area contributed by atoms with E-state index in [1.165, 1.54) is 0 Å². The minimum Gasteiger partial charge on any atom is -0.351 e. The molecule has 0 aromatic heterocycles. The SMILES string of the molecule is C#CCCNC(=O)c1ccc(NN)cc1.Cl. The number of hydrogen-bond acceptors (Lipinski definition) is 3.